The quantitative estimate of drug-likeness (QED) is 0.398. The Kier molecular flexibility index (Phi) is 8.92. The van der Waals surface area contributed by atoms with E-state index in [1.165, 1.54) is 12.1 Å². The van der Waals surface area contributed by atoms with Gasteiger partial charge in [0.1, 0.15) is 5.75 Å². The molecule has 3 rings (SSSR count). The summed E-state index contributed by atoms with van der Waals surface area (Å²) in [6.07, 6.45) is 3.63. The summed E-state index contributed by atoms with van der Waals surface area (Å²) in [6.45, 7) is 7.65. The number of urea groups is 1. The zero-order chi connectivity index (χ0) is 25.4. The Labute approximate surface area is 206 Å². The smallest absolute Gasteiger partial charge is 0.335 e. The summed E-state index contributed by atoms with van der Waals surface area (Å²) >= 11 is 0. The Bertz CT molecular complexity index is 1000. The largest absolute Gasteiger partial charge is 0.478 e. The molecule has 0 atom stereocenters. The van der Waals surface area contributed by atoms with Crippen molar-refractivity contribution in [2.75, 3.05) is 25.0 Å². The topological polar surface area (TPSA) is 121 Å². The molecule has 3 N–H and O–H groups in total. The number of aliphatic hydroxyl groups is 1. The molecule has 1 aliphatic rings. The number of hydrogen-bond donors (Lipinski definition) is 3. The first-order valence-electron chi connectivity index (χ1n) is 12.1. The molecule has 2 heterocycles. The summed E-state index contributed by atoms with van der Waals surface area (Å²) in [7, 11) is 0. The average Bonchev–Trinajstić information content (AvgIpc) is 2.79. The number of carboxylic acid groups (broad SMARTS) is 1. The zero-order valence-electron chi connectivity index (χ0n) is 20.6. The number of unbranched alkanes of at least 4 members (excludes halogenated alkanes) is 1. The Morgan fingerprint density at radius 2 is 1.80 bits per heavy atom. The van der Waals surface area contributed by atoms with E-state index in [1.807, 2.05) is 0 Å². The molecule has 1 aliphatic heterocycles. The number of amides is 2. The third-order valence-electron chi connectivity index (χ3n) is 5.87. The minimum absolute atomic E-state index is 0.150. The molecule has 0 unspecified atom stereocenters. The van der Waals surface area contributed by atoms with Crippen LogP contribution in [0.15, 0.2) is 36.4 Å². The van der Waals surface area contributed by atoms with Gasteiger partial charge in [0.15, 0.2) is 0 Å². The maximum atomic E-state index is 12.9. The first-order valence-corrected chi connectivity index (χ1v) is 12.1. The van der Waals surface area contributed by atoms with Crippen LogP contribution in [-0.2, 0) is 0 Å². The van der Waals surface area contributed by atoms with E-state index in [4.69, 9.17) is 14.6 Å². The van der Waals surface area contributed by atoms with Gasteiger partial charge in [0.05, 0.1) is 23.5 Å². The second-order valence-corrected chi connectivity index (χ2v) is 9.41. The number of carbonyl (C=O) groups is 2. The van der Waals surface area contributed by atoms with Gasteiger partial charge in [-0.05, 0) is 55.9 Å². The van der Waals surface area contributed by atoms with Crippen LogP contribution in [0.2, 0.25) is 0 Å². The number of aromatic carboxylic acids is 1. The third kappa shape index (κ3) is 7.85. The number of nitrogens with one attached hydrogen (secondary N) is 1. The van der Waals surface area contributed by atoms with Crippen LogP contribution in [0.25, 0.3) is 0 Å². The Balaban J connectivity index is 1.71. The van der Waals surface area contributed by atoms with Crippen LogP contribution in [0, 0.1) is 5.92 Å². The number of carbonyl (C=O) groups excluding carboxylic acids is 1. The summed E-state index contributed by atoms with van der Waals surface area (Å²) < 4.78 is 11.6. The number of nitrogens with zero attached hydrogens (tertiary/aromatic N) is 2. The Morgan fingerprint density at radius 1 is 1.14 bits per heavy atom. The minimum atomic E-state index is -1.02. The predicted octanol–water partition coefficient (Wildman–Crippen LogP) is 5.16. The molecule has 2 amide bonds. The van der Waals surface area contributed by atoms with E-state index >= 15 is 0 Å². The van der Waals surface area contributed by atoms with Gasteiger partial charge in [-0.2, -0.15) is 4.98 Å². The van der Waals surface area contributed by atoms with Crippen molar-refractivity contribution in [3.05, 3.63) is 42.0 Å². The maximum absolute atomic E-state index is 12.9. The number of benzene rings is 1. The van der Waals surface area contributed by atoms with Crippen molar-refractivity contribution >= 4 is 17.7 Å². The lowest BCUT2D eigenvalue weighted by Gasteiger charge is -2.39. The lowest BCUT2D eigenvalue weighted by Crippen LogP contribution is -2.48. The van der Waals surface area contributed by atoms with Crippen LogP contribution in [0.4, 0.5) is 10.5 Å². The molecule has 0 spiro atoms. The number of carboxylic acids is 1. The van der Waals surface area contributed by atoms with E-state index in [-0.39, 0.29) is 17.5 Å². The monoisotopic (exact) mass is 485 g/mol. The molecule has 0 bridgehead atoms. The molecule has 1 saturated heterocycles. The Morgan fingerprint density at radius 3 is 2.40 bits per heavy atom. The maximum Gasteiger partial charge on any atom is 0.335 e. The molecule has 1 fully saturated rings. The van der Waals surface area contributed by atoms with Crippen molar-refractivity contribution < 1.29 is 29.3 Å². The zero-order valence-corrected chi connectivity index (χ0v) is 20.6. The van der Waals surface area contributed by atoms with E-state index < -0.39 is 11.6 Å². The fourth-order valence-electron chi connectivity index (χ4n) is 4.08. The lowest BCUT2D eigenvalue weighted by atomic mass is 9.84. The molecular weight excluding hydrogens is 450 g/mol. The van der Waals surface area contributed by atoms with E-state index in [1.54, 1.807) is 29.2 Å². The number of aromatic nitrogens is 1. The fourth-order valence-corrected chi connectivity index (χ4v) is 4.08. The van der Waals surface area contributed by atoms with Gasteiger partial charge in [-0.25, -0.2) is 9.59 Å². The van der Waals surface area contributed by atoms with E-state index in [2.05, 4.69) is 31.1 Å². The number of anilines is 1. The van der Waals surface area contributed by atoms with Crippen LogP contribution in [0.1, 0.15) is 63.2 Å². The first kappa shape index (κ1) is 26.3. The van der Waals surface area contributed by atoms with Gasteiger partial charge in [-0.3, -0.25) is 0 Å². The van der Waals surface area contributed by atoms with Crippen molar-refractivity contribution in [3.63, 3.8) is 0 Å². The van der Waals surface area contributed by atoms with E-state index in [0.717, 1.165) is 19.3 Å². The van der Waals surface area contributed by atoms with Gasteiger partial charge in [0.25, 0.3) is 0 Å². The highest BCUT2D eigenvalue weighted by Gasteiger charge is 2.34. The molecule has 1 aromatic carbocycles. The van der Waals surface area contributed by atoms with Crippen molar-refractivity contribution in [1.29, 1.82) is 0 Å². The number of pyridine rings is 1. The van der Waals surface area contributed by atoms with Crippen molar-refractivity contribution in [1.82, 2.24) is 9.88 Å². The second-order valence-electron chi connectivity index (χ2n) is 9.41. The number of ether oxygens (including phenoxy) is 2. The minimum Gasteiger partial charge on any atom is -0.478 e. The van der Waals surface area contributed by atoms with E-state index in [9.17, 15) is 14.7 Å². The molecular formula is C26H35N3O6. The normalized spacial score (nSPS) is 15.1. The van der Waals surface area contributed by atoms with Crippen molar-refractivity contribution in [2.24, 2.45) is 5.92 Å². The molecule has 0 radical (unpaired) electrons. The van der Waals surface area contributed by atoms with Crippen molar-refractivity contribution in [3.8, 4) is 17.5 Å². The standard InChI is InChI=1S/C26H35N3O6/c1-4-5-14-34-22-15-20(16-23(28-22)35-21-8-6-19(7-9-21)24(30)31)27-25(32)29-12-10-26(33,11-13-29)17-18(2)3/h6-9,15-16,18,33H,4-5,10-14,17H2,1-3H3,(H,30,31)(H,27,28,32). The van der Waals surface area contributed by atoms with Gasteiger partial charge < -0.3 is 29.9 Å². The highest BCUT2D eigenvalue weighted by molar-refractivity contribution is 5.90. The van der Waals surface area contributed by atoms with Crippen molar-refractivity contribution in [2.45, 2.75) is 58.5 Å². The SMILES string of the molecule is CCCCOc1cc(NC(=O)N2CCC(O)(CC(C)C)CC2)cc(Oc2ccc(C(=O)O)cc2)n1. The molecule has 9 heteroatoms. The summed E-state index contributed by atoms with van der Waals surface area (Å²) in [5.41, 5.74) is -0.104. The van der Waals surface area contributed by atoms with Gasteiger partial charge in [0, 0.05) is 25.2 Å². The fraction of sp³-hybridized carbons (Fsp3) is 0.500. The molecule has 2 aromatic rings. The summed E-state index contributed by atoms with van der Waals surface area (Å²) in [4.78, 5) is 30.0. The second kappa shape index (κ2) is 11.9. The molecule has 0 saturated carbocycles. The van der Waals surface area contributed by atoms with Crippen LogP contribution < -0.4 is 14.8 Å². The average molecular weight is 486 g/mol. The molecule has 9 nitrogen and oxygen atoms in total. The predicted molar refractivity (Wildman–Crippen MR) is 132 cm³/mol. The third-order valence-corrected chi connectivity index (χ3v) is 5.87. The van der Waals surface area contributed by atoms with Crippen LogP contribution in [0.5, 0.6) is 17.5 Å². The van der Waals surface area contributed by atoms with Gasteiger partial charge in [0.2, 0.25) is 11.8 Å². The molecule has 1 aromatic heterocycles. The molecule has 190 valence electrons. The summed E-state index contributed by atoms with van der Waals surface area (Å²) in [5.74, 6) is 0.306. The highest BCUT2D eigenvalue weighted by Crippen LogP contribution is 2.30. The first-order chi connectivity index (χ1) is 16.7. The van der Waals surface area contributed by atoms with Crippen LogP contribution in [0.3, 0.4) is 0 Å². The molecule has 0 aliphatic carbocycles. The van der Waals surface area contributed by atoms with Gasteiger partial charge in [-0.1, -0.05) is 27.2 Å². The van der Waals surface area contributed by atoms with Gasteiger partial charge in [-0.15, -0.1) is 0 Å². The lowest BCUT2D eigenvalue weighted by molar-refractivity contribution is -0.0268. The molecule has 35 heavy (non-hydrogen) atoms. The number of likely N-dealkylation sites (tertiary alicyclic amines) is 1. The number of hydrogen-bond acceptors (Lipinski definition) is 6. The van der Waals surface area contributed by atoms with E-state index in [0.29, 0.717) is 55.8 Å². The van der Waals surface area contributed by atoms with Crippen LogP contribution in [-0.4, -0.2) is 57.4 Å². The van der Waals surface area contributed by atoms with Crippen LogP contribution >= 0.6 is 0 Å². The number of rotatable bonds is 10. The number of piperidine rings is 1. The van der Waals surface area contributed by atoms with Gasteiger partial charge >= 0.3 is 12.0 Å². The Hall–Kier alpha value is -3.33. The summed E-state index contributed by atoms with van der Waals surface area (Å²) in [6, 6.07) is 8.94. The highest BCUT2D eigenvalue weighted by atomic mass is 16.5. The summed E-state index contributed by atoms with van der Waals surface area (Å²) in [5, 5.41) is 22.7.